The Hall–Kier alpha value is -1.86. The minimum Gasteiger partial charge on any atom is -0.366 e. The molecule has 0 bridgehead atoms. The molecule has 1 aliphatic rings. The first-order valence-corrected chi connectivity index (χ1v) is 7.58. The van der Waals surface area contributed by atoms with Gasteiger partial charge in [-0.25, -0.2) is 0 Å². The Bertz CT molecular complexity index is 681. The van der Waals surface area contributed by atoms with Crippen molar-refractivity contribution >= 4 is 17.5 Å². The van der Waals surface area contributed by atoms with Crippen LogP contribution in [0.5, 0.6) is 0 Å². The molecule has 3 rings (SSSR count). The Labute approximate surface area is 133 Å². The van der Waals surface area contributed by atoms with Crippen LogP contribution in [0.3, 0.4) is 0 Å². The van der Waals surface area contributed by atoms with Crippen molar-refractivity contribution in [3.05, 3.63) is 35.1 Å². The summed E-state index contributed by atoms with van der Waals surface area (Å²) < 4.78 is 9.43. The summed E-state index contributed by atoms with van der Waals surface area (Å²) in [5.41, 5.74) is 0.572. The van der Waals surface area contributed by atoms with E-state index in [1.165, 1.54) is 0 Å². The first kappa shape index (κ1) is 15.1. The molecule has 0 aliphatic carbocycles. The number of aromatic nitrogens is 4. The molecule has 1 saturated heterocycles. The number of carbonyl (C=O) groups excluding carboxylic acids is 1. The van der Waals surface area contributed by atoms with Gasteiger partial charge in [0.1, 0.15) is 18.1 Å². The second-order valence-corrected chi connectivity index (χ2v) is 5.68. The van der Waals surface area contributed by atoms with Gasteiger partial charge in [0, 0.05) is 26.3 Å². The summed E-state index contributed by atoms with van der Waals surface area (Å²) in [4.78, 5) is 14.4. The maximum absolute atomic E-state index is 12.7. The molecule has 0 aromatic carbocycles. The van der Waals surface area contributed by atoms with Crippen molar-refractivity contribution in [2.75, 3.05) is 19.7 Å². The number of aryl methyl sites for hydroxylation is 2. The molecule has 2 aromatic heterocycles. The molecule has 1 fully saturated rings. The van der Waals surface area contributed by atoms with Crippen molar-refractivity contribution in [2.45, 2.75) is 19.6 Å². The van der Waals surface area contributed by atoms with E-state index in [4.69, 9.17) is 16.3 Å². The summed E-state index contributed by atoms with van der Waals surface area (Å²) in [5.74, 6) is 0.704. The lowest BCUT2D eigenvalue weighted by Gasteiger charge is -2.32. The van der Waals surface area contributed by atoms with Gasteiger partial charge in [-0.1, -0.05) is 11.6 Å². The third-order valence-electron chi connectivity index (χ3n) is 3.82. The van der Waals surface area contributed by atoms with Crippen molar-refractivity contribution in [1.82, 2.24) is 24.2 Å². The van der Waals surface area contributed by atoms with Crippen LogP contribution in [0.2, 0.25) is 5.02 Å². The fraction of sp³-hybridized carbons (Fsp3) is 0.500. The summed E-state index contributed by atoms with van der Waals surface area (Å²) in [6.07, 6.45) is 3.15. The summed E-state index contributed by atoms with van der Waals surface area (Å²) >= 11 is 5.96. The van der Waals surface area contributed by atoms with E-state index in [2.05, 4.69) is 10.2 Å². The van der Waals surface area contributed by atoms with Gasteiger partial charge in [0.25, 0.3) is 5.91 Å². The minimum atomic E-state index is -0.254. The Balaban J connectivity index is 1.78. The van der Waals surface area contributed by atoms with E-state index in [1.54, 1.807) is 28.1 Å². The zero-order valence-corrected chi connectivity index (χ0v) is 13.3. The lowest BCUT2D eigenvalue weighted by atomic mass is 10.2. The quantitative estimate of drug-likeness (QED) is 0.858. The van der Waals surface area contributed by atoms with E-state index in [0.29, 0.717) is 30.4 Å². The lowest BCUT2D eigenvalue weighted by molar-refractivity contribution is -0.0286. The van der Waals surface area contributed by atoms with Gasteiger partial charge < -0.3 is 18.8 Å². The first-order valence-electron chi connectivity index (χ1n) is 7.20. The van der Waals surface area contributed by atoms with Crippen LogP contribution in [0.4, 0.5) is 0 Å². The first-order chi connectivity index (χ1) is 10.6. The summed E-state index contributed by atoms with van der Waals surface area (Å²) in [7, 11) is 1.81. The minimum absolute atomic E-state index is 0.0507. The van der Waals surface area contributed by atoms with E-state index >= 15 is 0 Å². The zero-order chi connectivity index (χ0) is 15.7. The molecule has 1 amide bonds. The number of amides is 1. The monoisotopic (exact) mass is 323 g/mol. The van der Waals surface area contributed by atoms with Crippen LogP contribution in [-0.4, -0.2) is 49.8 Å². The van der Waals surface area contributed by atoms with Gasteiger partial charge in [0.05, 0.1) is 18.2 Å². The van der Waals surface area contributed by atoms with Gasteiger partial charge in [-0.05, 0) is 13.0 Å². The summed E-state index contributed by atoms with van der Waals surface area (Å²) in [6.45, 7) is 4.28. The standard InChI is InChI=1S/C14H18ClN5O2/c1-3-19-9-16-17-13(19)12-8-20(4-5-22-12)14(21)11-6-10(15)7-18(11)2/h6-7,9,12H,3-5,8H2,1-2H3/t12-/m1/s1. The second kappa shape index (κ2) is 6.10. The number of hydrogen-bond donors (Lipinski definition) is 0. The molecule has 1 atom stereocenters. The topological polar surface area (TPSA) is 65.2 Å². The Morgan fingerprint density at radius 1 is 1.55 bits per heavy atom. The number of halogens is 1. The number of carbonyl (C=O) groups is 1. The molecule has 22 heavy (non-hydrogen) atoms. The number of morpholine rings is 1. The Kier molecular flexibility index (Phi) is 4.17. The molecular weight excluding hydrogens is 306 g/mol. The maximum atomic E-state index is 12.7. The van der Waals surface area contributed by atoms with Gasteiger partial charge in [-0.2, -0.15) is 0 Å². The number of ether oxygens (including phenoxy) is 1. The molecule has 0 N–H and O–H groups in total. The molecule has 0 spiro atoms. The molecular formula is C14H18ClN5O2. The predicted octanol–water partition coefficient (Wildman–Crippen LogP) is 1.50. The second-order valence-electron chi connectivity index (χ2n) is 5.24. The third kappa shape index (κ3) is 2.74. The average Bonchev–Trinajstić information content (AvgIpc) is 3.12. The summed E-state index contributed by atoms with van der Waals surface area (Å²) in [6, 6.07) is 1.68. The maximum Gasteiger partial charge on any atom is 0.270 e. The van der Waals surface area contributed by atoms with Crippen LogP contribution in [0.15, 0.2) is 18.6 Å². The van der Waals surface area contributed by atoms with Gasteiger partial charge >= 0.3 is 0 Å². The van der Waals surface area contributed by atoms with Crippen molar-refractivity contribution < 1.29 is 9.53 Å². The fourth-order valence-corrected chi connectivity index (χ4v) is 2.90. The van der Waals surface area contributed by atoms with Crippen LogP contribution in [0.1, 0.15) is 29.3 Å². The highest BCUT2D eigenvalue weighted by Crippen LogP contribution is 2.23. The highest BCUT2D eigenvalue weighted by molar-refractivity contribution is 6.31. The third-order valence-corrected chi connectivity index (χ3v) is 4.03. The van der Waals surface area contributed by atoms with E-state index in [1.807, 2.05) is 18.5 Å². The van der Waals surface area contributed by atoms with E-state index in [0.717, 1.165) is 12.4 Å². The van der Waals surface area contributed by atoms with E-state index in [9.17, 15) is 4.79 Å². The average molecular weight is 324 g/mol. The molecule has 0 saturated carbocycles. The van der Waals surface area contributed by atoms with Gasteiger partial charge in [0.2, 0.25) is 0 Å². The smallest absolute Gasteiger partial charge is 0.270 e. The Morgan fingerprint density at radius 2 is 2.36 bits per heavy atom. The Morgan fingerprint density at radius 3 is 3.05 bits per heavy atom. The van der Waals surface area contributed by atoms with Gasteiger partial charge in [-0.15, -0.1) is 10.2 Å². The molecule has 118 valence electrons. The van der Waals surface area contributed by atoms with Crippen molar-refractivity contribution in [1.29, 1.82) is 0 Å². The molecule has 7 nitrogen and oxygen atoms in total. The van der Waals surface area contributed by atoms with E-state index < -0.39 is 0 Å². The van der Waals surface area contributed by atoms with Crippen molar-refractivity contribution in [3.63, 3.8) is 0 Å². The van der Waals surface area contributed by atoms with Crippen molar-refractivity contribution in [3.8, 4) is 0 Å². The van der Waals surface area contributed by atoms with Gasteiger partial charge in [-0.3, -0.25) is 4.79 Å². The van der Waals surface area contributed by atoms with Crippen LogP contribution >= 0.6 is 11.6 Å². The van der Waals surface area contributed by atoms with Crippen LogP contribution in [-0.2, 0) is 18.3 Å². The molecule has 0 radical (unpaired) electrons. The lowest BCUT2D eigenvalue weighted by Crippen LogP contribution is -2.43. The molecule has 1 aliphatic heterocycles. The van der Waals surface area contributed by atoms with Crippen LogP contribution < -0.4 is 0 Å². The predicted molar refractivity (Wildman–Crippen MR) is 80.7 cm³/mol. The van der Waals surface area contributed by atoms with Crippen molar-refractivity contribution in [2.24, 2.45) is 7.05 Å². The number of hydrogen-bond acceptors (Lipinski definition) is 4. The van der Waals surface area contributed by atoms with E-state index in [-0.39, 0.29) is 12.0 Å². The zero-order valence-electron chi connectivity index (χ0n) is 12.6. The largest absolute Gasteiger partial charge is 0.366 e. The number of rotatable bonds is 3. The van der Waals surface area contributed by atoms with Crippen LogP contribution in [0, 0.1) is 0 Å². The number of nitrogens with zero attached hydrogens (tertiary/aromatic N) is 5. The molecule has 8 heteroatoms. The van der Waals surface area contributed by atoms with Gasteiger partial charge in [0.15, 0.2) is 5.82 Å². The highest BCUT2D eigenvalue weighted by atomic mass is 35.5. The molecule has 3 heterocycles. The SMILES string of the molecule is CCn1cnnc1[C@H]1CN(C(=O)c2cc(Cl)cn2C)CCO1. The molecule has 2 aromatic rings. The highest BCUT2D eigenvalue weighted by Gasteiger charge is 2.30. The summed E-state index contributed by atoms with van der Waals surface area (Å²) in [5, 5.41) is 8.60. The normalized spacial score (nSPS) is 18.7. The van der Waals surface area contributed by atoms with Crippen LogP contribution in [0.25, 0.3) is 0 Å². The fourth-order valence-electron chi connectivity index (χ4n) is 2.65. The molecule has 0 unspecified atom stereocenters.